The molecule has 5 rings (SSSR count). The largest absolute Gasteiger partial charge is 0.507 e. The molecule has 0 saturated carbocycles. The van der Waals surface area contributed by atoms with E-state index in [2.05, 4.69) is 20.1 Å². The molecule has 0 aliphatic carbocycles. The molecule has 0 atom stereocenters. The van der Waals surface area contributed by atoms with Crippen LogP contribution in [0.1, 0.15) is 23.0 Å². The Morgan fingerprint density at radius 1 is 0.923 bits per heavy atom. The number of hydrogen-bond acceptors (Lipinski definition) is 8. The van der Waals surface area contributed by atoms with Gasteiger partial charge in [0.2, 0.25) is 10.0 Å². The summed E-state index contributed by atoms with van der Waals surface area (Å²) in [4.78, 5) is 4.59. The molecule has 5 aromatic rings. The van der Waals surface area contributed by atoms with Crippen molar-refractivity contribution >= 4 is 34.8 Å². The van der Waals surface area contributed by atoms with Crippen LogP contribution < -0.4 is 15.5 Å². The lowest BCUT2D eigenvalue weighted by atomic mass is 10.0. The lowest BCUT2D eigenvalue weighted by Gasteiger charge is -2.12. The van der Waals surface area contributed by atoms with Gasteiger partial charge in [0.1, 0.15) is 19.4 Å². The number of phenols is 1. The van der Waals surface area contributed by atoms with E-state index in [4.69, 9.17) is 7.85 Å². The predicted molar refractivity (Wildman–Crippen MR) is 147 cm³/mol. The van der Waals surface area contributed by atoms with E-state index in [1.165, 1.54) is 30.5 Å². The fraction of sp³-hybridized carbons (Fsp3) is 0.111. The highest BCUT2D eigenvalue weighted by molar-refractivity contribution is 7.89. The number of anilines is 1. The summed E-state index contributed by atoms with van der Waals surface area (Å²) < 4.78 is 29.3. The smallest absolute Gasteiger partial charge is 0.240 e. The molecule has 0 aliphatic heterocycles. The SMILES string of the molecule is [B]c1cnn2c(NCc3ccc(CNS(=O)(=O)c4ccc(C(O)O)cc4)cc3)cc(-c3ccccc3O)nc12. The molecule has 5 N–H and O–H groups in total. The Hall–Kier alpha value is -4.23. The summed E-state index contributed by atoms with van der Waals surface area (Å²) in [7, 11) is 2.29. The number of benzene rings is 3. The maximum atomic E-state index is 12.6. The summed E-state index contributed by atoms with van der Waals surface area (Å²) in [5, 5.41) is 36.3. The van der Waals surface area contributed by atoms with E-state index in [0.29, 0.717) is 34.7 Å². The lowest BCUT2D eigenvalue weighted by Crippen LogP contribution is -2.23. The number of hydrogen-bond donors (Lipinski definition) is 5. The first-order valence-electron chi connectivity index (χ1n) is 11.9. The highest BCUT2D eigenvalue weighted by atomic mass is 32.2. The van der Waals surface area contributed by atoms with E-state index in [1.807, 2.05) is 30.3 Å². The van der Waals surface area contributed by atoms with Gasteiger partial charge in [-0.05, 0) is 40.9 Å². The molecule has 0 unspecified atom stereocenters. The number of aliphatic hydroxyl groups is 2. The molecule has 196 valence electrons. The van der Waals surface area contributed by atoms with E-state index in [1.54, 1.807) is 28.8 Å². The Balaban J connectivity index is 1.27. The van der Waals surface area contributed by atoms with Gasteiger partial charge in [0.25, 0.3) is 0 Å². The van der Waals surface area contributed by atoms with Gasteiger partial charge in [0, 0.05) is 36.5 Å². The van der Waals surface area contributed by atoms with Gasteiger partial charge in [-0.2, -0.15) is 9.61 Å². The molecule has 3 aromatic carbocycles. The number of phenolic OH excluding ortho intramolecular Hbond substituents is 1. The zero-order valence-corrected chi connectivity index (χ0v) is 21.4. The molecule has 10 nitrogen and oxygen atoms in total. The first-order chi connectivity index (χ1) is 18.7. The van der Waals surface area contributed by atoms with Crippen molar-refractivity contribution in [2.24, 2.45) is 0 Å². The Labute approximate surface area is 226 Å². The van der Waals surface area contributed by atoms with Crippen molar-refractivity contribution in [1.29, 1.82) is 0 Å². The Bertz CT molecular complexity index is 1720. The molecule has 2 radical (unpaired) electrons. The van der Waals surface area contributed by atoms with Crippen LogP contribution in [-0.4, -0.2) is 46.2 Å². The van der Waals surface area contributed by atoms with E-state index < -0.39 is 16.3 Å². The number of rotatable bonds is 9. The molecule has 39 heavy (non-hydrogen) atoms. The first kappa shape index (κ1) is 26.4. The molecule has 0 fully saturated rings. The number of aliphatic hydroxyl groups excluding tert-OH is 1. The number of aromatic nitrogens is 3. The third-order valence-electron chi connectivity index (χ3n) is 6.13. The van der Waals surface area contributed by atoms with E-state index in [0.717, 1.165) is 11.1 Å². The van der Waals surface area contributed by atoms with Gasteiger partial charge in [-0.1, -0.05) is 48.5 Å². The van der Waals surface area contributed by atoms with Crippen molar-refractivity contribution in [2.75, 3.05) is 5.32 Å². The van der Waals surface area contributed by atoms with Gasteiger partial charge in [-0.25, -0.2) is 18.1 Å². The summed E-state index contributed by atoms with van der Waals surface area (Å²) in [6, 6.07) is 21.4. The summed E-state index contributed by atoms with van der Waals surface area (Å²) in [5.74, 6) is 0.733. The van der Waals surface area contributed by atoms with Crippen molar-refractivity contribution in [1.82, 2.24) is 19.3 Å². The third kappa shape index (κ3) is 5.79. The Kier molecular flexibility index (Phi) is 7.35. The minimum Gasteiger partial charge on any atom is -0.507 e. The van der Waals surface area contributed by atoms with Crippen LogP contribution in [0, 0.1) is 0 Å². The standard InChI is InChI=1S/C27H24BN5O5S/c28-22-16-30-33-25(13-23(32-26(22)33)21-3-1-2-4-24(21)34)29-14-17-5-7-18(8-6-17)15-31-39(37,38)20-11-9-19(10-12-20)27(35)36/h1-13,16,27,29,31,34-36H,14-15H2. The molecular weight excluding hydrogens is 517 g/mol. The molecule has 0 bridgehead atoms. The fourth-order valence-electron chi connectivity index (χ4n) is 3.98. The number of nitrogens with zero attached hydrogens (tertiary/aromatic N) is 3. The summed E-state index contributed by atoms with van der Waals surface area (Å²) in [6.45, 7) is 0.524. The van der Waals surface area contributed by atoms with Crippen LogP contribution in [-0.2, 0) is 23.1 Å². The van der Waals surface area contributed by atoms with Crippen LogP contribution in [0.4, 0.5) is 5.82 Å². The van der Waals surface area contributed by atoms with E-state index in [9.17, 15) is 23.7 Å². The zero-order valence-electron chi connectivity index (χ0n) is 20.6. The van der Waals surface area contributed by atoms with Crippen molar-refractivity contribution in [3.05, 3.63) is 102 Å². The van der Waals surface area contributed by atoms with Gasteiger partial charge < -0.3 is 20.6 Å². The monoisotopic (exact) mass is 541 g/mol. The Morgan fingerprint density at radius 2 is 1.59 bits per heavy atom. The normalized spacial score (nSPS) is 11.8. The van der Waals surface area contributed by atoms with Crippen LogP contribution >= 0.6 is 0 Å². The minimum atomic E-state index is -3.78. The minimum absolute atomic E-state index is 0.0267. The van der Waals surface area contributed by atoms with Crippen molar-refractivity contribution in [3.63, 3.8) is 0 Å². The number of nitrogens with one attached hydrogen (secondary N) is 2. The van der Waals surface area contributed by atoms with Crippen LogP contribution in [0.2, 0.25) is 0 Å². The number of sulfonamides is 1. The topological polar surface area (TPSA) is 149 Å². The van der Waals surface area contributed by atoms with Gasteiger partial charge in [-0.3, -0.25) is 0 Å². The Morgan fingerprint density at radius 3 is 2.26 bits per heavy atom. The maximum absolute atomic E-state index is 12.6. The average molecular weight is 541 g/mol. The molecule has 0 saturated heterocycles. The van der Waals surface area contributed by atoms with Gasteiger partial charge in [0.05, 0.1) is 10.6 Å². The lowest BCUT2D eigenvalue weighted by molar-refractivity contribution is -0.0425. The quantitative estimate of drug-likeness (QED) is 0.141. The molecule has 0 spiro atoms. The van der Waals surface area contributed by atoms with E-state index >= 15 is 0 Å². The van der Waals surface area contributed by atoms with Crippen molar-refractivity contribution in [3.8, 4) is 17.0 Å². The maximum Gasteiger partial charge on any atom is 0.240 e. The zero-order chi connectivity index (χ0) is 27.6. The molecule has 2 aromatic heterocycles. The second-order valence-electron chi connectivity index (χ2n) is 8.82. The van der Waals surface area contributed by atoms with Gasteiger partial charge in [0.15, 0.2) is 11.9 Å². The third-order valence-corrected chi connectivity index (χ3v) is 7.55. The highest BCUT2D eigenvalue weighted by Gasteiger charge is 2.15. The number of aromatic hydroxyl groups is 1. The van der Waals surface area contributed by atoms with Crippen LogP contribution in [0.5, 0.6) is 5.75 Å². The molecule has 12 heteroatoms. The summed E-state index contributed by atoms with van der Waals surface area (Å²) in [6.07, 6.45) is -0.146. The van der Waals surface area contributed by atoms with Gasteiger partial charge in [-0.15, -0.1) is 0 Å². The molecule has 2 heterocycles. The summed E-state index contributed by atoms with van der Waals surface area (Å²) in [5.41, 5.74) is 3.88. The molecule has 0 amide bonds. The molecular formula is C27H24BN5O5S. The second-order valence-corrected chi connectivity index (χ2v) is 10.6. The predicted octanol–water partition coefficient (Wildman–Crippen LogP) is 1.97. The second kappa shape index (κ2) is 10.9. The highest BCUT2D eigenvalue weighted by Crippen LogP contribution is 2.29. The van der Waals surface area contributed by atoms with E-state index in [-0.39, 0.29) is 22.8 Å². The van der Waals surface area contributed by atoms with Gasteiger partial charge >= 0.3 is 0 Å². The summed E-state index contributed by atoms with van der Waals surface area (Å²) >= 11 is 0. The van der Waals surface area contributed by atoms with Crippen LogP contribution in [0.3, 0.4) is 0 Å². The van der Waals surface area contributed by atoms with Crippen molar-refractivity contribution in [2.45, 2.75) is 24.3 Å². The fourth-order valence-corrected chi connectivity index (χ4v) is 5.00. The van der Waals surface area contributed by atoms with Crippen molar-refractivity contribution < 1.29 is 23.7 Å². The average Bonchev–Trinajstić information content (AvgIpc) is 3.32. The number of fused-ring (bicyclic) bond motifs is 1. The van der Waals surface area contributed by atoms with Crippen LogP contribution in [0.25, 0.3) is 16.9 Å². The first-order valence-corrected chi connectivity index (χ1v) is 13.4. The molecule has 0 aliphatic rings. The number of para-hydroxylation sites is 1. The van der Waals surface area contributed by atoms with Crippen LogP contribution in [0.15, 0.2) is 90.0 Å².